The van der Waals surface area contributed by atoms with Crippen LogP contribution in [0.5, 0.6) is 0 Å². The predicted molar refractivity (Wildman–Crippen MR) is 112 cm³/mol. The van der Waals surface area contributed by atoms with Gasteiger partial charge in [-0.15, -0.1) is 0 Å². The number of amidine groups is 1. The van der Waals surface area contributed by atoms with Gasteiger partial charge in [-0.05, 0) is 43.2 Å². The van der Waals surface area contributed by atoms with E-state index in [1.54, 1.807) is 24.3 Å². The van der Waals surface area contributed by atoms with Crippen molar-refractivity contribution in [3.05, 3.63) is 76.0 Å². The van der Waals surface area contributed by atoms with E-state index in [9.17, 15) is 9.90 Å². The van der Waals surface area contributed by atoms with Crippen molar-refractivity contribution in [3.63, 3.8) is 0 Å². The topological polar surface area (TPSA) is 64.9 Å². The summed E-state index contributed by atoms with van der Waals surface area (Å²) >= 11 is 5.91. The van der Waals surface area contributed by atoms with Crippen LogP contribution in [0.3, 0.4) is 0 Å². The number of amides is 1. The molecule has 1 unspecified atom stereocenters. The molecule has 0 aromatic heterocycles. The van der Waals surface area contributed by atoms with Crippen molar-refractivity contribution < 1.29 is 9.90 Å². The van der Waals surface area contributed by atoms with Crippen LogP contribution in [-0.4, -0.2) is 34.8 Å². The van der Waals surface area contributed by atoms with Gasteiger partial charge in [-0.1, -0.05) is 41.4 Å². The first-order chi connectivity index (χ1) is 13.5. The number of carbonyl (C=O) groups is 1. The largest absolute Gasteiger partial charge is 0.511 e. The van der Waals surface area contributed by atoms with Crippen LogP contribution in [0.1, 0.15) is 30.0 Å². The van der Waals surface area contributed by atoms with E-state index in [2.05, 4.69) is 46.4 Å². The third-order valence-electron chi connectivity index (χ3n) is 5.16. The molecule has 2 aliphatic rings. The van der Waals surface area contributed by atoms with Crippen molar-refractivity contribution in [1.29, 1.82) is 0 Å². The number of rotatable bonds is 3. The van der Waals surface area contributed by atoms with Crippen LogP contribution >= 0.6 is 11.6 Å². The number of nitrogens with zero attached hydrogens (tertiary/aromatic N) is 2. The number of anilines is 1. The molecular weight excluding hydrogens is 374 g/mol. The summed E-state index contributed by atoms with van der Waals surface area (Å²) in [5.74, 6) is 0.300. The van der Waals surface area contributed by atoms with Gasteiger partial charge >= 0.3 is 0 Å². The lowest BCUT2D eigenvalue weighted by Crippen LogP contribution is -2.45. The van der Waals surface area contributed by atoms with E-state index in [0.29, 0.717) is 29.5 Å². The Kier molecular flexibility index (Phi) is 5.09. The highest BCUT2D eigenvalue weighted by molar-refractivity contribution is 6.30. The molecule has 2 aliphatic heterocycles. The minimum absolute atomic E-state index is 0.0215. The Morgan fingerprint density at radius 1 is 1.18 bits per heavy atom. The Bertz CT molecular complexity index is 949. The molecule has 1 atom stereocenters. The van der Waals surface area contributed by atoms with Gasteiger partial charge in [-0.3, -0.25) is 9.79 Å². The molecular formula is C22H22ClN3O2. The van der Waals surface area contributed by atoms with Crippen LogP contribution in [0.2, 0.25) is 5.02 Å². The number of aryl methyl sites for hydroxylation is 1. The molecule has 1 amide bonds. The van der Waals surface area contributed by atoms with Crippen molar-refractivity contribution in [3.8, 4) is 0 Å². The number of hydrogen-bond donors (Lipinski definition) is 2. The van der Waals surface area contributed by atoms with E-state index in [4.69, 9.17) is 11.6 Å². The molecule has 0 aliphatic carbocycles. The number of carbonyl (C=O) groups excluding carboxylic acids is 1. The van der Waals surface area contributed by atoms with Gasteiger partial charge in [0.15, 0.2) is 0 Å². The molecule has 144 valence electrons. The van der Waals surface area contributed by atoms with E-state index in [1.807, 2.05) is 0 Å². The van der Waals surface area contributed by atoms with Gasteiger partial charge in [0, 0.05) is 30.2 Å². The van der Waals surface area contributed by atoms with Gasteiger partial charge in [0.2, 0.25) is 0 Å². The molecule has 0 radical (unpaired) electrons. The normalized spacial score (nSPS) is 19.1. The summed E-state index contributed by atoms with van der Waals surface area (Å²) in [6.45, 7) is 3.51. The number of benzene rings is 2. The lowest BCUT2D eigenvalue weighted by atomic mass is 9.91. The third kappa shape index (κ3) is 3.62. The molecule has 2 N–H and O–H groups in total. The number of halogens is 1. The zero-order chi connectivity index (χ0) is 19.7. The van der Waals surface area contributed by atoms with Gasteiger partial charge < -0.3 is 15.3 Å². The third-order valence-corrected chi connectivity index (χ3v) is 5.41. The van der Waals surface area contributed by atoms with Gasteiger partial charge in [-0.25, -0.2) is 0 Å². The maximum atomic E-state index is 12.9. The van der Waals surface area contributed by atoms with Gasteiger partial charge in [0.25, 0.3) is 5.91 Å². The highest BCUT2D eigenvalue weighted by atomic mass is 35.5. The number of nitrogens with one attached hydrogen (secondary N) is 1. The van der Waals surface area contributed by atoms with E-state index < -0.39 is 0 Å². The molecule has 28 heavy (non-hydrogen) atoms. The van der Waals surface area contributed by atoms with Crippen LogP contribution < -0.4 is 5.32 Å². The number of fused-ring (bicyclic) bond motifs is 1. The molecule has 0 fully saturated rings. The number of aliphatic imine (C=N–C) groups is 1. The maximum Gasteiger partial charge on any atom is 0.262 e. The molecule has 6 heteroatoms. The molecule has 0 bridgehead atoms. The number of aliphatic hydroxyl groups is 1. The Morgan fingerprint density at radius 2 is 1.89 bits per heavy atom. The Hall–Kier alpha value is -2.79. The lowest BCUT2D eigenvalue weighted by molar-refractivity contribution is -0.112. The number of aliphatic hydroxyl groups excluding tert-OH is 1. The first-order valence-electron chi connectivity index (χ1n) is 9.40. The summed E-state index contributed by atoms with van der Waals surface area (Å²) < 4.78 is 0. The summed E-state index contributed by atoms with van der Waals surface area (Å²) in [7, 11) is 0. The van der Waals surface area contributed by atoms with E-state index in [-0.39, 0.29) is 23.3 Å². The van der Waals surface area contributed by atoms with Crippen molar-refractivity contribution in [2.75, 3.05) is 18.4 Å². The van der Waals surface area contributed by atoms with E-state index in [0.717, 1.165) is 18.5 Å². The minimum Gasteiger partial charge on any atom is -0.511 e. The summed E-state index contributed by atoms with van der Waals surface area (Å²) in [4.78, 5) is 19.7. The average molecular weight is 396 g/mol. The fraction of sp³-hybridized carbons (Fsp3) is 0.273. The maximum absolute atomic E-state index is 12.9. The second kappa shape index (κ2) is 7.68. The number of hydrogen-bond acceptors (Lipinski definition) is 4. The van der Waals surface area contributed by atoms with Crippen molar-refractivity contribution in [2.24, 2.45) is 4.99 Å². The molecule has 2 heterocycles. The monoisotopic (exact) mass is 395 g/mol. The highest BCUT2D eigenvalue weighted by Gasteiger charge is 2.37. The zero-order valence-electron chi connectivity index (χ0n) is 15.7. The molecule has 0 spiro atoms. The molecule has 0 saturated heterocycles. The molecule has 0 saturated carbocycles. The van der Waals surface area contributed by atoms with E-state index in [1.165, 1.54) is 5.56 Å². The summed E-state index contributed by atoms with van der Waals surface area (Å²) in [6, 6.07) is 15.2. The van der Waals surface area contributed by atoms with Crippen molar-refractivity contribution >= 4 is 29.0 Å². The summed E-state index contributed by atoms with van der Waals surface area (Å²) in [6.07, 6.45) is 1.31. The van der Waals surface area contributed by atoms with Gasteiger partial charge in [0.05, 0.1) is 6.04 Å². The SMILES string of the molecule is Cc1ccc(C2CC(O)=C(C(=O)Nc3ccc(Cl)cc3)C3=NCCCN32)cc1. The van der Waals surface area contributed by atoms with Crippen molar-refractivity contribution in [1.82, 2.24) is 4.90 Å². The van der Waals surface area contributed by atoms with Crippen molar-refractivity contribution in [2.45, 2.75) is 25.8 Å². The second-order valence-corrected chi connectivity index (χ2v) is 7.60. The van der Waals surface area contributed by atoms with Gasteiger partial charge in [-0.2, -0.15) is 0 Å². The molecule has 2 aromatic carbocycles. The van der Waals surface area contributed by atoms with Crippen LogP contribution in [-0.2, 0) is 4.79 Å². The molecule has 2 aromatic rings. The van der Waals surface area contributed by atoms with Crippen LogP contribution in [0.25, 0.3) is 0 Å². The van der Waals surface area contributed by atoms with Crippen LogP contribution in [0, 0.1) is 6.92 Å². The highest BCUT2D eigenvalue weighted by Crippen LogP contribution is 2.36. The van der Waals surface area contributed by atoms with Crippen LogP contribution in [0.15, 0.2) is 64.9 Å². The average Bonchev–Trinajstić information content (AvgIpc) is 2.69. The predicted octanol–water partition coefficient (Wildman–Crippen LogP) is 4.65. The lowest BCUT2D eigenvalue weighted by Gasteiger charge is -2.41. The summed E-state index contributed by atoms with van der Waals surface area (Å²) in [5, 5.41) is 14.2. The second-order valence-electron chi connectivity index (χ2n) is 7.17. The van der Waals surface area contributed by atoms with E-state index >= 15 is 0 Å². The molecule has 5 nitrogen and oxygen atoms in total. The Labute approximate surface area is 169 Å². The molecule has 4 rings (SSSR count). The standard InChI is InChI=1S/C22H22ClN3O2/c1-14-3-5-15(6-4-14)18-13-19(27)20(21-24-11-2-12-26(18)21)22(28)25-17-9-7-16(23)8-10-17/h3-10,18,27H,2,11-13H2,1H3,(H,25,28). The fourth-order valence-electron chi connectivity index (χ4n) is 3.72. The smallest absolute Gasteiger partial charge is 0.262 e. The minimum atomic E-state index is -0.354. The quantitative estimate of drug-likeness (QED) is 0.795. The first-order valence-corrected chi connectivity index (χ1v) is 9.78. The zero-order valence-corrected chi connectivity index (χ0v) is 16.4. The Morgan fingerprint density at radius 3 is 2.61 bits per heavy atom. The summed E-state index contributed by atoms with van der Waals surface area (Å²) in [5.41, 5.74) is 3.19. The first kappa shape index (κ1) is 18.6. The van der Waals surface area contributed by atoms with Crippen LogP contribution in [0.4, 0.5) is 5.69 Å². The van der Waals surface area contributed by atoms with Gasteiger partial charge in [0.1, 0.15) is 17.2 Å². The fourth-order valence-corrected chi connectivity index (χ4v) is 3.85. The Balaban J connectivity index is 1.66.